The maximum absolute atomic E-state index is 12.3. The average molecular weight is 322 g/mol. The van der Waals surface area contributed by atoms with Crippen LogP contribution in [0.2, 0.25) is 0 Å². The Morgan fingerprint density at radius 1 is 1.33 bits per heavy atom. The minimum absolute atomic E-state index is 0.0276. The Kier molecular flexibility index (Phi) is 3.38. The van der Waals surface area contributed by atoms with Gasteiger partial charge in [0.15, 0.2) is 6.61 Å². The monoisotopic (exact) mass is 322 g/mol. The first kappa shape index (κ1) is 14.3. The van der Waals surface area contributed by atoms with Gasteiger partial charge in [-0.15, -0.1) is 0 Å². The largest absolute Gasteiger partial charge is 0.482 e. The number of fused-ring (bicyclic) bond motifs is 2. The van der Waals surface area contributed by atoms with Gasteiger partial charge in [-0.25, -0.2) is 4.98 Å². The maximum atomic E-state index is 12.3. The van der Waals surface area contributed by atoms with Crippen LogP contribution in [0.4, 0.5) is 5.69 Å². The molecule has 0 spiro atoms. The first-order valence-electron chi connectivity index (χ1n) is 7.45. The van der Waals surface area contributed by atoms with Crippen LogP contribution in [-0.4, -0.2) is 27.8 Å². The minimum atomic E-state index is -0.183. The van der Waals surface area contributed by atoms with E-state index < -0.39 is 0 Å². The SMILES string of the molecule is O=C1COc2ccc(CNC(=O)c3ccc4nccn4c3)cc2N1. The number of imidazole rings is 1. The number of nitrogens with zero attached hydrogens (tertiary/aromatic N) is 2. The molecule has 24 heavy (non-hydrogen) atoms. The first-order chi connectivity index (χ1) is 11.7. The Balaban J connectivity index is 1.47. The Labute approximate surface area is 137 Å². The van der Waals surface area contributed by atoms with Crippen molar-refractivity contribution in [1.29, 1.82) is 0 Å². The number of carbonyl (C=O) groups is 2. The quantitative estimate of drug-likeness (QED) is 0.767. The van der Waals surface area contributed by atoms with E-state index in [1.54, 1.807) is 47.3 Å². The molecule has 0 saturated carbocycles. The van der Waals surface area contributed by atoms with Gasteiger partial charge in [0.05, 0.1) is 11.3 Å². The van der Waals surface area contributed by atoms with Crippen LogP contribution >= 0.6 is 0 Å². The topological polar surface area (TPSA) is 84.7 Å². The number of rotatable bonds is 3. The summed E-state index contributed by atoms with van der Waals surface area (Å²) in [6.07, 6.45) is 5.21. The molecule has 2 N–H and O–H groups in total. The molecule has 1 aliphatic heterocycles. The summed E-state index contributed by atoms with van der Waals surface area (Å²) < 4.78 is 7.10. The smallest absolute Gasteiger partial charge is 0.262 e. The maximum Gasteiger partial charge on any atom is 0.262 e. The lowest BCUT2D eigenvalue weighted by molar-refractivity contribution is -0.118. The van der Waals surface area contributed by atoms with E-state index in [-0.39, 0.29) is 18.4 Å². The summed E-state index contributed by atoms with van der Waals surface area (Å²) in [5.74, 6) is 0.274. The molecule has 0 atom stereocenters. The van der Waals surface area contributed by atoms with Crippen molar-refractivity contribution in [2.45, 2.75) is 6.54 Å². The zero-order valence-corrected chi connectivity index (χ0v) is 12.7. The zero-order chi connectivity index (χ0) is 16.5. The standard InChI is InChI=1S/C17H14N4O3/c22-16-10-24-14-3-1-11(7-13(14)20-16)8-19-17(23)12-2-4-15-18-5-6-21(15)9-12/h1-7,9H,8,10H2,(H,19,23)(H,20,22). The highest BCUT2D eigenvalue weighted by Crippen LogP contribution is 2.28. The Morgan fingerprint density at radius 3 is 3.17 bits per heavy atom. The second-order valence-corrected chi connectivity index (χ2v) is 5.46. The van der Waals surface area contributed by atoms with E-state index in [1.807, 2.05) is 6.07 Å². The predicted octanol–water partition coefficient (Wildman–Crippen LogP) is 1.60. The summed E-state index contributed by atoms with van der Waals surface area (Å²) in [6.45, 7) is 0.379. The van der Waals surface area contributed by atoms with E-state index in [9.17, 15) is 9.59 Å². The summed E-state index contributed by atoms with van der Waals surface area (Å²) in [4.78, 5) is 27.8. The number of hydrogen-bond donors (Lipinski definition) is 2. The second-order valence-electron chi connectivity index (χ2n) is 5.46. The van der Waals surface area contributed by atoms with Crippen molar-refractivity contribution in [1.82, 2.24) is 14.7 Å². The average Bonchev–Trinajstić information content (AvgIpc) is 3.06. The number of hydrogen-bond acceptors (Lipinski definition) is 4. The number of nitrogens with one attached hydrogen (secondary N) is 2. The Bertz CT molecular complexity index is 948. The zero-order valence-electron chi connectivity index (χ0n) is 12.7. The molecule has 7 heteroatoms. The molecule has 0 aliphatic carbocycles. The van der Waals surface area contributed by atoms with Gasteiger partial charge in [0.25, 0.3) is 11.8 Å². The highest BCUT2D eigenvalue weighted by atomic mass is 16.5. The highest BCUT2D eigenvalue weighted by molar-refractivity contribution is 5.96. The number of amides is 2. The molecule has 0 fully saturated rings. The van der Waals surface area contributed by atoms with Crippen molar-refractivity contribution in [2.24, 2.45) is 0 Å². The lowest BCUT2D eigenvalue weighted by atomic mass is 10.1. The molecule has 0 bridgehead atoms. The van der Waals surface area contributed by atoms with Gasteiger partial charge in [0.2, 0.25) is 0 Å². The van der Waals surface area contributed by atoms with Gasteiger partial charge in [0.1, 0.15) is 11.4 Å². The van der Waals surface area contributed by atoms with E-state index in [1.165, 1.54) is 0 Å². The summed E-state index contributed by atoms with van der Waals surface area (Å²) in [6, 6.07) is 8.97. The molecule has 2 amide bonds. The van der Waals surface area contributed by atoms with E-state index in [0.29, 0.717) is 23.5 Å². The fraction of sp³-hybridized carbons (Fsp3) is 0.118. The molecule has 120 valence electrons. The molecular formula is C17H14N4O3. The van der Waals surface area contributed by atoms with Crippen LogP contribution in [0, 0.1) is 0 Å². The summed E-state index contributed by atoms with van der Waals surface area (Å²) in [7, 11) is 0. The van der Waals surface area contributed by atoms with Crippen molar-refractivity contribution in [3.05, 3.63) is 60.0 Å². The number of pyridine rings is 1. The molecule has 4 rings (SSSR count). The van der Waals surface area contributed by atoms with Crippen molar-refractivity contribution >= 4 is 23.1 Å². The number of ether oxygens (including phenoxy) is 1. The van der Waals surface area contributed by atoms with Gasteiger partial charge in [-0.1, -0.05) is 6.07 Å². The number of carbonyl (C=O) groups excluding carboxylic acids is 2. The lowest BCUT2D eigenvalue weighted by Crippen LogP contribution is -2.26. The third-order valence-electron chi connectivity index (χ3n) is 3.78. The molecule has 1 aliphatic rings. The van der Waals surface area contributed by atoms with Crippen molar-refractivity contribution in [2.75, 3.05) is 11.9 Å². The van der Waals surface area contributed by atoms with E-state index in [0.717, 1.165) is 11.2 Å². The van der Waals surface area contributed by atoms with Gasteiger partial charge < -0.3 is 19.8 Å². The molecule has 0 saturated heterocycles. The van der Waals surface area contributed by atoms with Crippen LogP contribution in [0.5, 0.6) is 5.75 Å². The van der Waals surface area contributed by atoms with E-state index in [4.69, 9.17) is 4.74 Å². The van der Waals surface area contributed by atoms with Crippen molar-refractivity contribution in [3.8, 4) is 5.75 Å². The predicted molar refractivity (Wildman–Crippen MR) is 86.9 cm³/mol. The van der Waals surface area contributed by atoms with Crippen molar-refractivity contribution < 1.29 is 14.3 Å². The van der Waals surface area contributed by atoms with Gasteiger partial charge >= 0.3 is 0 Å². The fourth-order valence-electron chi connectivity index (χ4n) is 2.58. The summed E-state index contributed by atoms with van der Waals surface area (Å²) in [5, 5.41) is 5.61. The highest BCUT2D eigenvalue weighted by Gasteiger charge is 2.16. The molecule has 7 nitrogen and oxygen atoms in total. The molecular weight excluding hydrogens is 308 g/mol. The van der Waals surface area contributed by atoms with Gasteiger partial charge in [0, 0.05) is 25.1 Å². The minimum Gasteiger partial charge on any atom is -0.482 e. The molecule has 0 unspecified atom stereocenters. The summed E-state index contributed by atoms with van der Waals surface area (Å²) in [5.41, 5.74) is 2.83. The molecule has 1 aromatic carbocycles. The number of benzene rings is 1. The van der Waals surface area contributed by atoms with Crippen LogP contribution in [0.15, 0.2) is 48.9 Å². The lowest BCUT2D eigenvalue weighted by Gasteiger charge is -2.18. The van der Waals surface area contributed by atoms with Crippen LogP contribution in [0.3, 0.4) is 0 Å². The van der Waals surface area contributed by atoms with E-state index >= 15 is 0 Å². The van der Waals surface area contributed by atoms with Crippen LogP contribution < -0.4 is 15.4 Å². The molecule has 2 aromatic heterocycles. The number of anilines is 1. The van der Waals surface area contributed by atoms with Crippen molar-refractivity contribution in [3.63, 3.8) is 0 Å². The van der Waals surface area contributed by atoms with Crippen LogP contribution in [0.1, 0.15) is 15.9 Å². The Hall–Kier alpha value is -3.35. The third kappa shape index (κ3) is 2.67. The van der Waals surface area contributed by atoms with E-state index in [2.05, 4.69) is 15.6 Å². The van der Waals surface area contributed by atoms with Crippen LogP contribution in [-0.2, 0) is 11.3 Å². The third-order valence-corrected chi connectivity index (χ3v) is 3.78. The normalized spacial score (nSPS) is 13.1. The van der Waals surface area contributed by atoms with Gasteiger partial charge in [-0.05, 0) is 29.8 Å². The number of aromatic nitrogens is 2. The molecule has 3 heterocycles. The van der Waals surface area contributed by atoms with Crippen LogP contribution in [0.25, 0.3) is 5.65 Å². The first-order valence-corrected chi connectivity index (χ1v) is 7.45. The second kappa shape index (κ2) is 5.69. The summed E-state index contributed by atoms with van der Waals surface area (Å²) >= 11 is 0. The molecule has 3 aromatic rings. The molecule has 0 radical (unpaired) electrons. The fourth-order valence-corrected chi connectivity index (χ4v) is 2.58. The van der Waals surface area contributed by atoms with Gasteiger partial charge in [-0.2, -0.15) is 0 Å². The van der Waals surface area contributed by atoms with Gasteiger partial charge in [-0.3, -0.25) is 9.59 Å². The Morgan fingerprint density at radius 2 is 2.25 bits per heavy atom.